The van der Waals surface area contributed by atoms with Gasteiger partial charge in [0.15, 0.2) is 0 Å². The maximum Gasteiger partial charge on any atom is 0.271 e. The van der Waals surface area contributed by atoms with E-state index in [0.717, 1.165) is 5.56 Å². The van der Waals surface area contributed by atoms with E-state index < -0.39 is 10.8 Å². The molecule has 0 heterocycles. The first kappa shape index (κ1) is 24.5. The minimum absolute atomic E-state index is 0.169. The summed E-state index contributed by atoms with van der Waals surface area (Å²) in [5.74, 6) is -0.305. The molecule has 0 aliphatic heterocycles. The smallest absolute Gasteiger partial charge is 0.271 e. The van der Waals surface area contributed by atoms with Crippen molar-refractivity contribution in [3.63, 3.8) is 0 Å². The van der Waals surface area contributed by atoms with Crippen LogP contribution in [-0.2, 0) is 11.4 Å². The minimum Gasteiger partial charge on any atom is -0.487 e. The van der Waals surface area contributed by atoms with Crippen molar-refractivity contribution in [2.45, 2.75) is 6.61 Å². The van der Waals surface area contributed by atoms with Gasteiger partial charge in [-0.15, -0.1) is 0 Å². The van der Waals surface area contributed by atoms with Crippen LogP contribution in [0.5, 0.6) is 5.75 Å². The number of amides is 1. The molecular weight excluding hydrogens is 578 g/mol. The fraction of sp³-hybridized carbons (Fsp3) is 0.0435. The molecule has 7 nitrogen and oxygen atoms in total. The van der Waals surface area contributed by atoms with E-state index in [4.69, 9.17) is 16.3 Å². The van der Waals surface area contributed by atoms with Crippen molar-refractivity contribution >= 4 is 66.8 Å². The molecule has 0 aromatic heterocycles. The number of anilines is 1. The van der Waals surface area contributed by atoms with Crippen molar-refractivity contribution in [3.8, 4) is 11.8 Å². The molecule has 3 aromatic rings. The van der Waals surface area contributed by atoms with Crippen LogP contribution in [0.2, 0.25) is 5.02 Å². The number of nitriles is 1. The SMILES string of the molecule is N#C/C(=C\c1cc(Br)cc(Br)c1OCc1ccccc1Cl)C(=O)Nc1cccc([N+](=O)[O-])c1. The lowest BCUT2D eigenvalue weighted by Gasteiger charge is -2.13. The molecule has 3 aromatic carbocycles. The molecule has 0 bridgehead atoms. The fourth-order valence-corrected chi connectivity index (χ4v) is 4.37. The van der Waals surface area contributed by atoms with Crippen LogP contribution >= 0.6 is 43.5 Å². The van der Waals surface area contributed by atoms with E-state index in [0.29, 0.717) is 25.3 Å². The summed E-state index contributed by atoms with van der Waals surface area (Å²) in [4.78, 5) is 23.1. The quantitative estimate of drug-likeness (QED) is 0.139. The van der Waals surface area contributed by atoms with Crippen molar-refractivity contribution in [2.24, 2.45) is 0 Å². The van der Waals surface area contributed by atoms with Gasteiger partial charge in [0.25, 0.3) is 11.6 Å². The third kappa shape index (κ3) is 6.42. The summed E-state index contributed by atoms with van der Waals surface area (Å²) in [5.41, 5.74) is 1.04. The van der Waals surface area contributed by atoms with Gasteiger partial charge in [0, 0.05) is 38.4 Å². The molecule has 33 heavy (non-hydrogen) atoms. The molecule has 166 valence electrons. The number of nitrogens with one attached hydrogen (secondary N) is 1. The number of rotatable bonds is 7. The van der Waals surface area contributed by atoms with E-state index >= 15 is 0 Å². The molecular formula is C23H14Br2ClN3O4. The third-order valence-corrected chi connectivity index (χ3v) is 5.76. The fourth-order valence-electron chi connectivity index (χ4n) is 2.80. The van der Waals surface area contributed by atoms with Gasteiger partial charge in [0.1, 0.15) is 24.0 Å². The Morgan fingerprint density at radius 1 is 1.18 bits per heavy atom. The molecule has 0 aliphatic rings. The van der Waals surface area contributed by atoms with E-state index in [1.807, 2.05) is 24.3 Å². The van der Waals surface area contributed by atoms with Gasteiger partial charge in [0.2, 0.25) is 0 Å². The first-order valence-electron chi connectivity index (χ1n) is 9.31. The molecule has 10 heteroatoms. The molecule has 0 unspecified atom stereocenters. The van der Waals surface area contributed by atoms with E-state index in [-0.39, 0.29) is 23.6 Å². The number of hydrogen-bond acceptors (Lipinski definition) is 5. The Labute approximate surface area is 211 Å². The molecule has 0 fully saturated rings. The zero-order chi connectivity index (χ0) is 24.0. The molecule has 3 rings (SSSR count). The van der Waals surface area contributed by atoms with Gasteiger partial charge < -0.3 is 10.1 Å². The van der Waals surface area contributed by atoms with E-state index in [1.165, 1.54) is 30.3 Å². The van der Waals surface area contributed by atoms with Crippen molar-refractivity contribution in [1.29, 1.82) is 5.26 Å². The van der Waals surface area contributed by atoms with E-state index in [9.17, 15) is 20.2 Å². The number of ether oxygens (including phenoxy) is 1. The Balaban J connectivity index is 1.90. The predicted molar refractivity (Wildman–Crippen MR) is 133 cm³/mol. The van der Waals surface area contributed by atoms with Gasteiger partial charge in [0.05, 0.1) is 9.40 Å². The van der Waals surface area contributed by atoms with Crippen molar-refractivity contribution < 1.29 is 14.5 Å². The van der Waals surface area contributed by atoms with Crippen LogP contribution in [0.1, 0.15) is 11.1 Å². The number of carbonyl (C=O) groups excluding carboxylic acids is 1. The van der Waals surface area contributed by atoms with Gasteiger partial charge >= 0.3 is 0 Å². The highest BCUT2D eigenvalue weighted by Crippen LogP contribution is 2.35. The second-order valence-corrected chi connectivity index (χ2v) is 8.79. The van der Waals surface area contributed by atoms with Crippen LogP contribution in [0.25, 0.3) is 6.08 Å². The molecule has 0 atom stereocenters. The molecule has 0 aliphatic carbocycles. The Kier molecular flexibility index (Phi) is 8.22. The second kappa shape index (κ2) is 11.1. The van der Waals surface area contributed by atoms with E-state index in [1.54, 1.807) is 18.2 Å². The lowest BCUT2D eigenvalue weighted by molar-refractivity contribution is -0.384. The van der Waals surface area contributed by atoms with Gasteiger partial charge in [-0.3, -0.25) is 14.9 Å². The number of nitro benzene ring substituents is 1. The van der Waals surface area contributed by atoms with Gasteiger partial charge in [-0.1, -0.05) is 51.8 Å². The third-order valence-electron chi connectivity index (χ3n) is 4.35. The number of non-ortho nitro benzene ring substituents is 1. The maximum absolute atomic E-state index is 12.7. The van der Waals surface area contributed by atoms with Crippen LogP contribution in [0.3, 0.4) is 0 Å². The highest BCUT2D eigenvalue weighted by Gasteiger charge is 2.16. The Bertz CT molecular complexity index is 1310. The number of benzene rings is 3. The van der Waals surface area contributed by atoms with Crippen LogP contribution in [0.4, 0.5) is 11.4 Å². The monoisotopic (exact) mass is 589 g/mol. The van der Waals surface area contributed by atoms with Crippen molar-refractivity contribution in [3.05, 3.63) is 101 Å². The maximum atomic E-state index is 12.7. The lowest BCUT2D eigenvalue weighted by atomic mass is 10.1. The summed E-state index contributed by atoms with van der Waals surface area (Å²) in [6.45, 7) is 0.169. The lowest BCUT2D eigenvalue weighted by Crippen LogP contribution is -2.13. The summed E-state index contributed by atoms with van der Waals surface area (Å²) < 4.78 is 7.26. The van der Waals surface area contributed by atoms with E-state index in [2.05, 4.69) is 37.2 Å². The minimum atomic E-state index is -0.717. The molecule has 0 saturated heterocycles. The average molecular weight is 592 g/mol. The van der Waals surface area contributed by atoms with Gasteiger partial charge in [-0.05, 0) is 46.3 Å². The number of halogens is 3. The normalized spacial score (nSPS) is 10.9. The second-order valence-electron chi connectivity index (χ2n) is 6.62. The summed E-state index contributed by atoms with van der Waals surface area (Å²) >= 11 is 13.0. The van der Waals surface area contributed by atoms with Crippen LogP contribution < -0.4 is 10.1 Å². The van der Waals surface area contributed by atoms with Gasteiger partial charge in [-0.25, -0.2) is 0 Å². The summed E-state index contributed by atoms with van der Waals surface area (Å²) in [7, 11) is 0. The number of nitrogens with zero attached hydrogens (tertiary/aromatic N) is 2. The topological polar surface area (TPSA) is 105 Å². The van der Waals surface area contributed by atoms with Gasteiger partial charge in [-0.2, -0.15) is 5.26 Å². The Morgan fingerprint density at radius 2 is 1.94 bits per heavy atom. The molecule has 0 spiro atoms. The Hall–Kier alpha value is -3.19. The summed E-state index contributed by atoms with van der Waals surface area (Å²) in [5, 5.41) is 23.6. The molecule has 0 saturated carbocycles. The molecule has 1 N–H and O–H groups in total. The number of carbonyl (C=O) groups is 1. The zero-order valence-electron chi connectivity index (χ0n) is 16.7. The highest BCUT2D eigenvalue weighted by atomic mass is 79.9. The first-order valence-corrected chi connectivity index (χ1v) is 11.3. The van der Waals surface area contributed by atoms with Crippen molar-refractivity contribution in [2.75, 3.05) is 5.32 Å². The largest absolute Gasteiger partial charge is 0.487 e. The number of hydrogen-bond donors (Lipinski definition) is 1. The summed E-state index contributed by atoms with van der Waals surface area (Å²) in [6.07, 6.45) is 1.38. The summed E-state index contributed by atoms with van der Waals surface area (Å²) in [6, 6.07) is 18.0. The predicted octanol–water partition coefficient (Wildman–Crippen LogP) is 6.90. The molecule has 1 amide bonds. The van der Waals surface area contributed by atoms with Crippen LogP contribution in [0, 0.1) is 21.4 Å². The number of nitro groups is 1. The Morgan fingerprint density at radius 3 is 2.64 bits per heavy atom. The van der Waals surface area contributed by atoms with Crippen molar-refractivity contribution in [1.82, 2.24) is 0 Å². The zero-order valence-corrected chi connectivity index (χ0v) is 20.6. The van der Waals surface area contributed by atoms with Crippen LogP contribution in [-0.4, -0.2) is 10.8 Å². The average Bonchev–Trinajstić information content (AvgIpc) is 2.77. The highest BCUT2D eigenvalue weighted by molar-refractivity contribution is 9.11. The van der Waals surface area contributed by atoms with Crippen LogP contribution in [0.15, 0.2) is 75.2 Å². The molecule has 0 radical (unpaired) electrons. The first-order chi connectivity index (χ1) is 15.8. The standard InChI is InChI=1S/C23H14Br2ClN3O4/c24-17-9-15(22(20(25)10-17)33-13-14-4-1-2-7-21(14)26)8-16(12-27)23(30)28-18-5-3-6-19(11-18)29(31)32/h1-11H,13H2,(H,28,30)/b16-8+.